The first-order chi connectivity index (χ1) is 6.55. The molecule has 14 heavy (non-hydrogen) atoms. The van der Waals surface area contributed by atoms with Crippen LogP contribution in [-0.2, 0) is 0 Å². The Labute approximate surface area is 86.5 Å². The highest BCUT2D eigenvalue weighted by Gasteiger charge is 2.28. The smallest absolute Gasteiger partial charge is 0.0693 e. The van der Waals surface area contributed by atoms with Crippen molar-refractivity contribution in [3.63, 3.8) is 0 Å². The number of nitrogens with one attached hydrogen (secondary N) is 1. The highest BCUT2D eigenvalue weighted by molar-refractivity contribution is 4.87. The lowest BCUT2D eigenvalue weighted by Gasteiger charge is -2.36. The van der Waals surface area contributed by atoms with Crippen LogP contribution in [-0.4, -0.2) is 34.5 Å². The Morgan fingerprint density at radius 2 is 1.93 bits per heavy atom. The second-order valence-electron chi connectivity index (χ2n) is 4.96. The zero-order chi connectivity index (χ0) is 10.6. The monoisotopic (exact) mass is 201 g/mol. The van der Waals surface area contributed by atoms with E-state index in [1.165, 1.54) is 6.42 Å². The average molecular weight is 201 g/mol. The second-order valence-corrected chi connectivity index (χ2v) is 4.96. The SMILES string of the molecule is CC(C)(CCO)N[C@@H]1CCCC[C@H]1O. The zero-order valence-electron chi connectivity index (χ0n) is 9.29. The molecule has 1 aliphatic rings. The van der Waals surface area contributed by atoms with Crippen LogP contribution in [0.25, 0.3) is 0 Å². The fourth-order valence-corrected chi connectivity index (χ4v) is 2.13. The molecule has 0 radical (unpaired) electrons. The van der Waals surface area contributed by atoms with Gasteiger partial charge >= 0.3 is 0 Å². The minimum absolute atomic E-state index is 0.0717. The van der Waals surface area contributed by atoms with Gasteiger partial charge in [-0.2, -0.15) is 0 Å². The van der Waals surface area contributed by atoms with Crippen LogP contribution in [0.1, 0.15) is 46.0 Å². The average Bonchev–Trinajstić information content (AvgIpc) is 2.08. The Bertz CT molecular complexity index is 171. The van der Waals surface area contributed by atoms with Gasteiger partial charge in [0.05, 0.1) is 6.10 Å². The van der Waals surface area contributed by atoms with Crippen LogP contribution in [0.15, 0.2) is 0 Å². The van der Waals surface area contributed by atoms with Crippen molar-refractivity contribution in [1.82, 2.24) is 5.32 Å². The Kier molecular flexibility index (Phi) is 4.35. The van der Waals surface area contributed by atoms with E-state index in [0.29, 0.717) is 0 Å². The van der Waals surface area contributed by atoms with Crippen molar-refractivity contribution in [3.05, 3.63) is 0 Å². The number of aliphatic hydroxyl groups is 2. The maximum absolute atomic E-state index is 9.78. The summed E-state index contributed by atoms with van der Waals surface area (Å²) in [7, 11) is 0. The molecule has 0 aromatic rings. The fraction of sp³-hybridized carbons (Fsp3) is 1.00. The number of hydrogen-bond acceptors (Lipinski definition) is 3. The standard InChI is InChI=1S/C11H23NO2/c1-11(2,7-8-13)12-9-5-3-4-6-10(9)14/h9-10,12-14H,3-8H2,1-2H3/t9-,10-/m1/s1. The third-order valence-electron chi connectivity index (χ3n) is 3.04. The first-order valence-corrected chi connectivity index (χ1v) is 5.62. The summed E-state index contributed by atoms with van der Waals surface area (Å²) < 4.78 is 0. The van der Waals surface area contributed by atoms with Crippen LogP contribution in [0.2, 0.25) is 0 Å². The molecule has 3 nitrogen and oxygen atoms in total. The van der Waals surface area contributed by atoms with E-state index in [4.69, 9.17) is 5.11 Å². The van der Waals surface area contributed by atoms with Gasteiger partial charge in [0.1, 0.15) is 0 Å². The maximum atomic E-state index is 9.78. The Morgan fingerprint density at radius 3 is 2.50 bits per heavy atom. The van der Waals surface area contributed by atoms with Gasteiger partial charge in [-0.05, 0) is 33.1 Å². The molecule has 0 spiro atoms. The van der Waals surface area contributed by atoms with Crippen LogP contribution in [0.4, 0.5) is 0 Å². The van der Waals surface area contributed by atoms with Crippen molar-refractivity contribution in [3.8, 4) is 0 Å². The van der Waals surface area contributed by atoms with Crippen LogP contribution in [0, 0.1) is 0 Å². The van der Waals surface area contributed by atoms with Crippen LogP contribution < -0.4 is 5.32 Å². The third-order valence-corrected chi connectivity index (χ3v) is 3.04. The maximum Gasteiger partial charge on any atom is 0.0693 e. The van der Waals surface area contributed by atoms with Gasteiger partial charge in [0.2, 0.25) is 0 Å². The molecule has 1 aliphatic carbocycles. The highest BCUT2D eigenvalue weighted by Crippen LogP contribution is 2.21. The molecule has 2 atom stereocenters. The normalized spacial score (nSPS) is 29.1. The molecule has 3 N–H and O–H groups in total. The lowest BCUT2D eigenvalue weighted by Crippen LogP contribution is -2.52. The second kappa shape index (κ2) is 5.10. The number of aliphatic hydroxyl groups excluding tert-OH is 2. The summed E-state index contributed by atoms with van der Waals surface area (Å²) in [6.07, 6.45) is 4.82. The molecule has 0 aromatic heterocycles. The topological polar surface area (TPSA) is 52.5 Å². The van der Waals surface area contributed by atoms with E-state index in [0.717, 1.165) is 25.7 Å². The molecule has 0 amide bonds. The minimum atomic E-state index is -0.207. The van der Waals surface area contributed by atoms with Gasteiger partial charge in [-0.3, -0.25) is 0 Å². The first-order valence-electron chi connectivity index (χ1n) is 5.62. The summed E-state index contributed by atoms with van der Waals surface area (Å²) in [4.78, 5) is 0. The predicted molar refractivity (Wildman–Crippen MR) is 57.2 cm³/mol. The van der Waals surface area contributed by atoms with Gasteiger partial charge in [-0.1, -0.05) is 12.8 Å². The molecular formula is C11H23NO2. The molecule has 84 valence electrons. The van der Waals surface area contributed by atoms with Crippen molar-refractivity contribution in [2.45, 2.75) is 63.6 Å². The summed E-state index contributed by atoms with van der Waals surface area (Å²) in [6.45, 7) is 4.35. The van der Waals surface area contributed by atoms with Crippen molar-refractivity contribution < 1.29 is 10.2 Å². The van der Waals surface area contributed by atoms with Gasteiger partial charge in [0, 0.05) is 18.2 Å². The first kappa shape index (κ1) is 12.0. The summed E-state index contributed by atoms with van der Waals surface area (Å²) >= 11 is 0. The Hall–Kier alpha value is -0.120. The van der Waals surface area contributed by atoms with Crippen molar-refractivity contribution in [1.29, 1.82) is 0 Å². The molecule has 0 heterocycles. The van der Waals surface area contributed by atoms with Crippen LogP contribution in [0.3, 0.4) is 0 Å². The molecule has 3 heteroatoms. The van der Waals surface area contributed by atoms with Gasteiger partial charge in [0.25, 0.3) is 0 Å². The molecule has 0 saturated heterocycles. The van der Waals surface area contributed by atoms with Gasteiger partial charge in [-0.15, -0.1) is 0 Å². The van der Waals surface area contributed by atoms with E-state index < -0.39 is 0 Å². The molecule has 0 unspecified atom stereocenters. The van der Waals surface area contributed by atoms with Gasteiger partial charge < -0.3 is 15.5 Å². The van der Waals surface area contributed by atoms with Crippen molar-refractivity contribution in [2.24, 2.45) is 0 Å². The fourth-order valence-electron chi connectivity index (χ4n) is 2.13. The van der Waals surface area contributed by atoms with Gasteiger partial charge in [0.15, 0.2) is 0 Å². The van der Waals surface area contributed by atoms with Crippen LogP contribution >= 0.6 is 0 Å². The lowest BCUT2D eigenvalue weighted by atomic mass is 9.89. The summed E-state index contributed by atoms with van der Waals surface area (Å²) in [5.74, 6) is 0. The summed E-state index contributed by atoms with van der Waals surface area (Å²) in [5, 5.41) is 22.1. The predicted octanol–water partition coefficient (Wildman–Crippen LogP) is 1.04. The Morgan fingerprint density at radius 1 is 1.29 bits per heavy atom. The molecule has 0 bridgehead atoms. The Balaban J connectivity index is 2.40. The number of hydrogen-bond donors (Lipinski definition) is 3. The molecule has 0 aromatic carbocycles. The van der Waals surface area contributed by atoms with Crippen LogP contribution in [0.5, 0.6) is 0 Å². The van der Waals surface area contributed by atoms with E-state index in [9.17, 15) is 5.11 Å². The minimum Gasteiger partial charge on any atom is -0.396 e. The van der Waals surface area contributed by atoms with Gasteiger partial charge in [-0.25, -0.2) is 0 Å². The molecule has 1 rings (SSSR count). The number of rotatable bonds is 4. The quantitative estimate of drug-likeness (QED) is 0.637. The largest absolute Gasteiger partial charge is 0.396 e. The highest BCUT2D eigenvalue weighted by atomic mass is 16.3. The molecular weight excluding hydrogens is 178 g/mol. The van der Waals surface area contributed by atoms with E-state index in [1.807, 2.05) is 0 Å². The summed E-state index contributed by atoms with van der Waals surface area (Å²) in [6, 6.07) is 0.213. The summed E-state index contributed by atoms with van der Waals surface area (Å²) in [5.41, 5.74) is -0.0717. The van der Waals surface area contributed by atoms with Crippen molar-refractivity contribution in [2.75, 3.05) is 6.61 Å². The lowest BCUT2D eigenvalue weighted by molar-refractivity contribution is 0.0713. The van der Waals surface area contributed by atoms with E-state index in [2.05, 4.69) is 19.2 Å². The molecule has 0 aliphatic heterocycles. The third kappa shape index (κ3) is 3.56. The van der Waals surface area contributed by atoms with E-state index in [-0.39, 0.29) is 24.3 Å². The van der Waals surface area contributed by atoms with E-state index >= 15 is 0 Å². The zero-order valence-corrected chi connectivity index (χ0v) is 9.29. The molecule has 1 saturated carbocycles. The van der Waals surface area contributed by atoms with E-state index in [1.54, 1.807) is 0 Å². The van der Waals surface area contributed by atoms with Crippen molar-refractivity contribution >= 4 is 0 Å². The molecule has 1 fully saturated rings.